The molecule has 1 aromatic rings. The van der Waals surface area contributed by atoms with Crippen LogP contribution >= 0.6 is 0 Å². The molecular formula is C12H13NO. The molecule has 0 saturated carbocycles. The molecule has 0 saturated heterocycles. The van der Waals surface area contributed by atoms with Crippen LogP contribution in [-0.2, 0) is 0 Å². The summed E-state index contributed by atoms with van der Waals surface area (Å²) in [7, 11) is 1.63. The van der Waals surface area contributed by atoms with Crippen LogP contribution < -0.4 is 4.74 Å². The van der Waals surface area contributed by atoms with E-state index in [4.69, 9.17) is 10.00 Å². The van der Waals surface area contributed by atoms with Crippen LogP contribution in [-0.4, -0.2) is 7.11 Å². The van der Waals surface area contributed by atoms with Gasteiger partial charge >= 0.3 is 0 Å². The highest BCUT2D eigenvalue weighted by Gasteiger charge is 2.02. The first-order valence-corrected chi connectivity index (χ1v) is 4.41. The lowest BCUT2D eigenvalue weighted by atomic mass is 10.0. The fourth-order valence-corrected chi connectivity index (χ4v) is 1.22. The summed E-state index contributed by atoms with van der Waals surface area (Å²) in [5.74, 6) is 0.805. The molecule has 0 N–H and O–H groups in total. The Morgan fingerprint density at radius 2 is 1.79 bits per heavy atom. The van der Waals surface area contributed by atoms with Crippen LogP contribution in [0.3, 0.4) is 0 Å². The SMILES string of the molecule is COc1ccc(C(C#N)=C(C)C)cc1. The number of rotatable bonds is 2. The maximum absolute atomic E-state index is 8.94. The first-order chi connectivity index (χ1) is 6.69. The van der Waals surface area contributed by atoms with E-state index in [0.29, 0.717) is 0 Å². The van der Waals surface area contributed by atoms with Crippen molar-refractivity contribution in [2.24, 2.45) is 0 Å². The lowest BCUT2D eigenvalue weighted by molar-refractivity contribution is 0.415. The molecule has 0 unspecified atom stereocenters. The summed E-state index contributed by atoms with van der Waals surface area (Å²) in [5, 5.41) is 8.94. The Balaban J connectivity index is 3.10. The molecule has 0 aliphatic rings. The number of hydrogen-bond acceptors (Lipinski definition) is 2. The molecule has 0 aliphatic heterocycles. The molecule has 14 heavy (non-hydrogen) atoms. The van der Waals surface area contributed by atoms with Crippen LogP contribution in [0, 0.1) is 11.3 Å². The Labute approximate surface area is 84.4 Å². The minimum atomic E-state index is 0.729. The van der Waals surface area contributed by atoms with Gasteiger partial charge in [0, 0.05) is 0 Å². The summed E-state index contributed by atoms with van der Waals surface area (Å²) in [5.41, 5.74) is 2.69. The number of ether oxygens (including phenoxy) is 1. The average molecular weight is 187 g/mol. The molecule has 0 fully saturated rings. The molecule has 0 heterocycles. The number of hydrogen-bond donors (Lipinski definition) is 0. The van der Waals surface area contributed by atoms with Crippen molar-refractivity contribution in [1.29, 1.82) is 5.26 Å². The van der Waals surface area contributed by atoms with Gasteiger partial charge in [0.1, 0.15) is 5.75 Å². The van der Waals surface area contributed by atoms with Gasteiger partial charge in [0.15, 0.2) is 0 Å². The van der Waals surface area contributed by atoms with Gasteiger partial charge in [0.05, 0.1) is 18.8 Å². The van der Waals surface area contributed by atoms with Crippen molar-refractivity contribution >= 4 is 5.57 Å². The zero-order chi connectivity index (χ0) is 10.6. The van der Waals surface area contributed by atoms with Crippen molar-refractivity contribution in [1.82, 2.24) is 0 Å². The first kappa shape index (κ1) is 10.3. The predicted octanol–water partition coefficient (Wildman–Crippen LogP) is 3.01. The molecule has 0 bridgehead atoms. The Morgan fingerprint density at radius 1 is 1.21 bits per heavy atom. The van der Waals surface area contributed by atoms with E-state index in [1.54, 1.807) is 7.11 Å². The summed E-state index contributed by atoms with van der Waals surface area (Å²) in [4.78, 5) is 0. The van der Waals surface area contributed by atoms with Crippen molar-refractivity contribution in [3.63, 3.8) is 0 Å². The molecule has 2 heteroatoms. The molecule has 1 aromatic carbocycles. The fraction of sp³-hybridized carbons (Fsp3) is 0.250. The van der Waals surface area contributed by atoms with E-state index in [9.17, 15) is 0 Å². The highest BCUT2D eigenvalue weighted by molar-refractivity contribution is 5.78. The molecule has 1 rings (SSSR count). The Kier molecular flexibility index (Phi) is 3.30. The predicted molar refractivity (Wildman–Crippen MR) is 56.9 cm³/mol. The molecule has 0 aromatic heterocycles. The van der Waals surface area contributed by atoms with Gasteiger partial charge in [-0.05, 0) is 43.7 Å². The second-order valence-corrected chi connectivity index (χ2v) is 3.22. The van der Waals surface area contributed by atoms with E-state index in [0.717, 1.165) is 22.5 Å². The summed E-state index contributed by atoms with van der Waals surface area (Å²) >= 11 is 0. The number of benzene rings is 1. The van der Waals surface area contributed by atoms with Gasteiger partial charge in [-0.3, -0.25) is 0 Å². The molecule has 2 nitrogen and oxygen atoms in total. The van der Waals surface area contributed by atoms with E-state index >= 15 is 0 Å². The minimum absolute atomic E-state index is 0.729. The molecule has 0 spiro atoms. The highest BCUT2D eigenvalue weighted by atomic mass is 16.5. The molecule has 72 valence electrons. The van der Waals surface area contributed by atoms with Crippen LogP contribution in [0.4, 0.5) is 0 Å². The summed E-state index contributed by atoms with van der Waals surface area (Å²) in [6.45, 7) is 3.87. The quantitative estimate of drug-likeness (QED) is 0.667. The summed E-state index contributed by atoms with van der Waals surface area (Å²) in [6.07, 6.45) is 0. The minimum Gasteiger partial charge on any atom is -0.497 e. The van der Waals surface area contributed by atoms with Gasteiger partial charge in [-0.1, -0.05) is 5.57 Å². The molecule has 0 aliphatic carbocycles. The number of nitrogens with zero attached hydrogens (tertiary/aromatic N) is 1. The Hall–Kier alpha value is -1.75. The van der Waals surface area contributed by atoms with Gasteiger partial charge in [0.25, 0.3) is 0 Å². The van der Waals surface area contributed by atoms with Crippen molar-refractivity contribution in [3.05, 3.63) is 35.4 Å². The second-order valence-electron chi connectivity index (χ2n) is 3.22. The average Bonchev–Trinajstić information content (AvgIpc) is 2.19. The standard InChI is InChI=1S/C12H13NO/c1-9(2)12(8-13)10-4-6-11(14-3)7-5-10/h4-7H,1-3H3. The van der Waals surface area contributed by atoms with Crippen LogP contribution in [0.5, 0.6) is 5.75 Å². The Bertz CT molecular complexity index is 378. The van der Waals surface area contributed by atoms with Crippen LogP contribution in [0.1, 0.15) is 19.4 Å². The Morgan fingerprint density at radius 3 is 2.14 bits per heavy atom. The van der Waals surface area contributed by atoms with Gasteiger partial charge in [-0.2, -0.15) is 5.26 Å². The maximum atomic E-state index is 8.94. The van der Waals surface area contributed by atoms with Crippen molar-refractivity contribution in [3.8, 4) is 11.8 Å². The van der Waals surface area contributed by atoms with E-state index in [2.05, 4.69) is 6.07 Å². The molecule has 0 amide bonds. The molecule has 0 radical (unpaired) electrons. The lowest BCUT2D eigenvalue weighted by Gasteiger charge is -2.03. The monoisotopic (exact) mass is 187 g/mol. The van der Waals surface area contributed by atoms with Crippen molar-refractivity contribution in [2.75, 3.05) is 7.11 Å². The fourth-order valence-electron chi connectivity index (χ4n) is 1.22. The normalized spacial score (nSPS) is 9.00. The number of methoxy groups -OCH3 is 1. The first-order valence-electron chi connectivity index (χ1n) is 4.41. The van der Waals surface area contributed by atoms with Gasteiger partial charge in [-0.15, -0.1) is 0 Å². The highest BCUT2D eigenvalue weighted by Crippen LogP contribution is 2.20. The second kappa shape index (κ2) is 4.48. The van der Waals surface area contributed by atoms with E-state index < -0.39 is 0 Å². The van der Waals surface area contributed by atoms with E-state index in [1.807, 2.05) is 38.1 Å². The van der Waals surface area contributed by atoms with Gasteiger partial charge < -0.3 is 4.74 Å². The van der Waals surface area contributed by atoms with Gasteiger partial charge in [0.2, 0.25) is 0 Å². The molecule has 0 atom stereocenters. The van der Waals surface area contributed by atoms with Crippen LogP contribution in [0.25, 0.3) is 5.57 Å². The lowest BCUT2D eigenvalue weighted by Crippen LogP contribution is -1.86. The summed E-state index contributed by atoms with van der Waals surface area (Å²) in [6, 6.07) is 9.69. The van der Waals surface area contributed by atoms with Crippen molar-refractivity contribution < 1.29 is 4.74 Å². The van der Waals surface area contributed by atoms with E-state index in [-0.39, 0.29) is 0 Å². The van der Waals surface area contributed by atoms with Crippen LogP contribution in [0.15, 0.2) is 29.8 Å². The molecular weight excluding hydrogens is 174 g/mol. The third kappa shape index (κ3) is 2.14. The zero-order valence-corrected chi connectivity index (χ0v) is 8.66. The largest absolute Gasteiger partial charge is 0.497 e. The van der Waals surface area contributed by atoms with Crippen molar-refractivity contribution in [2.45, 2.75) is 13.8 Å². The number of nitriles is 1. The zero-order valence-electron chi connectivity index (χ0n) is 8.66. The van der Waals surface area contributed by atoms with E-state index in [1.165, 1.54) is 0 Å². The third-order valence-electron chi connectivity index (χ3n) is 1.99. The van der Waals surface area contributed by atoms with Gasteiger partial charge in [-0.25, -0.2) is 0 Å². The topological polar surface area (TPSA) is 33.0 Å². The smallest absolute Gasteiger partial charge is 0.118 e. The maximum Gasteiger partial charge on any atom is 0.118 e. The summed E-state index contributed by atoms with van der Waals surface area (Å²) < 4.78 is 5.04. The van der Waals surface area contributed by atoms with Crippen LogP contribution in [0.2, 0.25) is 0 Å². The third-order valence-corrected chi connectivity index (χ3v) is 1.99. The number of allylic oxidation sites excluding steroid dienone is 2.